The first-order valence-corrected chi connectivity index (χ1v) is 10.8. The van der Waals surface area contributed by atoms with Crippen molar-refractivity contribution in [3.8, 4) is 0 Å². The maximum absolute atomic E-state index is 12.4. The molecule has 0 aliphatic rings. The molecule has 0 saturated heterocycles. The van der Waals surface area contributed by atoms with Crippen LogP contribution in [0.15, 0.2) is 29.2 Å². The lowest BCUT2D eigenvalue weighted by Crippen LogP contribution is -2.18. The van der Waals surface area contributed by atoms with Crippen LogP contribution in [0.4, 0.5) is 0 Å². The molecule has 0 radical (unpaired) electrons. The van der Waals surface area contributed by atoms with Crippen LogP contribution in [-0.2, 0) is 16.4 Å². The summed E-state index contributed by atoms with van der Waals surface area (Å²) in [4.78, 5) is 0.371. The number of sulfonamides is 1. The Morgan fingerprint density at radius 2 is 1.76 bits per heavy atom. The number of aryl methyl sites for hydroxylation is 1. The Morgan fingerprint density at radius 3 is 2.29 bits per heavy atom. The summed E-state index contributed by atoms with van der Waals surface area (Å²) in [5.74, 6) is 2.09. The third-order valence-corrected chi connectivity index (χ3v) is 7.68. The van der Waals surface area contributed by atoms with Gasteiger partial charge in [-0.25, -0.2) is 8.42 Å². The molecule has 0 heterocycles. The van der Waals surface area contributed by atoms with Crippen molar-refractivity contribution in [3.05, 3.63) is 29.8 Å². The van der Waals surface area contributed by atoms with Crippen LogP contribution in [0.25, 0.3) is 0 Å². The third kappa shape index (κ3) is 6.29. The molecule has 1 aromatic carbocycles. The Balaban J connectivity index is 2.84. The minimum atomic E-state index is -3.39. The van der Waals surface area contributed by atoms with E-state index in [1.807, 2.05) is 19.1 Å². The molecule has 0 spiro atoms. The van der Waals surface area contributed by atoms with Crippen LogP contribution in [0.1, 0.15) is 52.0 Å². The molecule has 21 heavy (non-hydrogen) atoms. The summed E-state index contributed by atoms with van der Waals surface area (Å²) in [6, 6.07) is 7.29. The fourth-order valence-corrected chi connectivity index (χ4v) is 5.98. The lowest BCUT2D eigenvalue weighted by Gasteiger charge is -2.04. The van der Waals surface area contributed by atoms with E-state index >= 15 is 0 Å². The number of unbranched alkanes of at least 4 members (excludes halogenated alkanes) is 1. The summed E-state index contributed by atoms with van der Waals surface area (Å²) < 4.78 is 27.7. The zero-order valence-electron chi connectivity index (χ0n) is 13.3. The molecule has 1 atom stereocenters. The van der Waals surface area contributed by atoms with E-state index in [0.717, 1.165) is 38.3 Å². The fraction of sp³-hybridized carbons (Fsp3) is 0.562. The zero-order chi connectivity index (χ0) is 15.7. The van der Waals surface area contributed by atoms with Crippen molar-refractivity contribution in [3.63, 3.8) is 0 Å². The molecule has 5 heteroatoms. The van der Waals surface area contributed by atoms with E-state index in [1.54, 1.807) is 12.1 Å². The number of rotatable bonds is 9. The normalized spacial score (nSPS) is 12.6. The van der Waals surface area contributed by atoms with E-state index < -0.39 is 17.7 Å². The Kier molecular flexibility index (Phi) is 8.16. The molecule has 1 N–H and O–H groups in total. The van der Waals surface area contributed by atoms with Crippen LogP contribution in [0.5, 0.6) is 0 Å². The van der Waals surface area contributed by atoms with Crippen molar-refractivity contribution in [2.45, 2.75) is 57.8 Å². The Labute approximate surface area is 130 Å². The first kappa shape index (κ1) is 18.3. The molecule has 0 aliphatic heterocycles. The Morgan fingerprint density at radius 1 is 1.10 bits per heavy atom. The Hall–Kier alpha value is -0.700. The van der Waals surface area contributed by atoms with Gasteiger partial charge in [-0.2, -0.15) is 0 Å². The van der Waals surface area contributed by atoms with Gasteiger partial charge in [0.05, 0.1) is 4.90 Å². The van der Waals surface area contributed by atoms with Crippen LogP contribution in [0.2, 0.25) is 0 Å². The molecule has 1 aromatic rings. The van der Waals surface area contributed by atoms with Gasteiger partial charge in [0.2, 0.25) is 0 Å². The largest absolute Gasteiger partial charge is 0.275 e. The predicted octanol–water partition coefficient (Wildman–Crippen LogP) is 4.33. The van der Waals surface area contributed by atoms with Gasteiger partial charge < -0.3 is 0 Å². The summed E-state index contributed by atoms with van der Waals surface area (Å²) in [7, 11) is -4.15. The first-order valence-electron chi connectivity index (χ1n) is 7.74. The summed E-state index contributed by atoms with van der Waals surface area (Å²) in [5, 5.41) is 0. The average molecular weight is 328 g/mol. The molecule has 0 saturated carbocycles. The summed E-state index contributed by atoms with van der Waals surface area (Å²) in [6.07, 6.45) is 6.08. The smallest absolute Gasteiger partial charge is 0.204 e. The highest BCUT2D eigenvalue weighted by Crippen LogP contribution is 2.23. The van der Waals surface area contributed by atoms with Crippen LogP contribution in [0, 0.1) is 0 Å². The van der Waals surface area contributed by atoms with Gasteiger partial charge in [-0.3, -0.25) is 0 Å². The molecule has 3 nitrogen and oxygen atoms in total. The molecular formula is C16H27NO2PS+. The SMILES string of the molecule is CCC=[P+](CCC)NS(=O)(=O)c1ccc(CCCC)cc1. The molecule has 0 fully saturated rings. The third-order valence-electron chi connectivity index (χ3n) is 3.16. The van der Waals surface area contributed by atoms with Gasteiger partial charge in [-0.1, -0.05) is 39.3 Å². The first-order chi connectivity index (χ1) is 10.0. The fourth-order valence-electron chi connectivity index (χ4n) is 2.06. The zero-order valence-corrected chi connectivity index (χ0v) is 15.0. The molecule has 0 amide bonds. The second-order valence-corrected chi connectivity index (χ2v) is 9.09. The van der Waals surface area contributed by atoms with Crippen molar-refractivity contribution in [2.75, 3.05) is 6.16 Å². The predicted molar refractivity (Wildman–Crippen MR) is 93.8 cm³/mol. The minimum absolute atomic E-state index is 0.371. The second kappa shape index (κ2) is 9.34. The van der Waals surface area contributed by atoms with Gasteiger partial charge in [-0.05, 0) is 41.5 Å². The van der Waals surface area contributed by atoms with E-state index in [0.29, 0.717) is 4.90 Å². The molecule has 0 aromatic heterocycles. The Bertz CT molecular complexity index is 550. The molecule has 0 aliphatic carbocycles. The molecule has 1 unspecified atom stereocenters. The molecular weight excluding hydrogens is 301 g/mol. The quantitative estimate of drug-likeness (QED) is 0.686. The molecule has 118 valence electrons. The maximum Gasteiger partial charge on any atom is 0.275 e. The molecule has 1 rings (SSSR count). The number of hydrogen-bond acceptors (Lipinski definition) is 2. The number of nitrogens with one attached hydrogen (secondary N) is 1. The summed E-state index contributed by atoms with van der Waals surface area (Å²) in [5.41, 5.74) is 1.20. The van der Waals surface area contributed by atoms with E-state index in [4.69, 9.17) is 0 Å². The van der Waals surface area contributed by atoms with Gasteiger partial charge in [-0.15, -0.1) is 0 Å². The minimum Gasteiger partial charge on any atom is -0.204 e. The van der Waals surface area contributed by atoms with Crippen molar-refractivity contribution in [1.29, 1.82) is 0 Å². The maximum atomic E-state index is 12.4. The van der Waals surface area contributed by atoms with Crippen molar-refractivity contribution in [2.24, 2.45) is 0 Å². The highest BCUT2D eigenvalue weighted by Gasteiger charge is 2.22. The highest BCUT2D eigenvalue weighted by atomic mass is 32.2. The molecule has 0 bridgehead atoms. The van der Waals surface area contributed by atoms with Crippen molar-refractivity contribution >= 4 is 23.5 Å². The van der Waals surface area contributed by atoms with E-state index in [2.05, 4.69) is 24.1 Å². The van der Waals surface area contributed by atoms with Gasteiger partial charge in [0, 0.05) is 6.42 Å². The topological polar surface area (TPSA) is 46.2 Å². The van der Waals surface area contributed by atoms with Crippen molar-refractivity contribution < 1.29 is 8.42 Å². The summed E-state index contributed by atoms with van der Waals surface area (Å²) in [6.45, 7) is 6.28. The van der Waals surface area contributed by atoms with Crippen LogP contribution < -0.4 is 4.49 Å². The van der Waals surface area contributed by atoms with Crippen LogP contribution >= 0.6 is 7.70 Å². The lowest BCUT2D eigenvalue weighted by molar-refractivity contribution is 0.594. The lowest BCUT2D eigenvalue weighted by atomic mass is 10.1. The standard InChI is InChI=1S/C16H27NO2PS/c1-4-7-8-15-9-11-16(12-10-15)21(18,19)17-20(13-5-2)14-6-3/h9-13,17H,4-8,14H2,1-3H3/q+1. The van der Waals surface area contributed by atoms with E-state index in [-0.39, 0.29) is 0 Å². The van der Waals surface area contributed by atoms with E-state index in [9.17, 15) is 8.42 Å². The van der Waals surface area contributed by atoms with Gasteiger partial charge in [0.25, 0.3) is 10.0 Å². The monoisotopic (exact) mass is 328 g/mol. The number of benzene rings is 1. The summed E-state index contributed by atoms with van der Waals surface area (Å²) >= 11 is 0. The number of hydrogen-bond donors (Lipinski definition) is 1. The van der Waals surface area contributed by atoms with Crippen molar-refractivity contribution in [1.82, 2.24) is 4.49 Å². The van der Waals surface area contributed by atoms with Crippen LogP contribution in [-0.4, -0.2) is 20.4 Å². The second-order valence-electron chi connectivity index (χ2n) is 5.13. The van der Waals surface area contributed by atoms with Crippen LogP contribution in [0.3, 0.4) is 0 Å². The average Bonchev–Trinajstić information content (AvgIpc) is 2.46. The van der Waals surface area contributed by atoms with Gasteiger partial charge in [0.15, 0.2) is 7.70 Å². The van der Waals surface area contributed by atoms with E-state index in [1.165, 1.54) is 5.56 Å². The highest BCUT2D eigenvalue weighted by molar-refractivity contribution is 7.95. The van der Waals surface area contributed by atoms with Gasteiger partial charge in [0.1, 0.15) is 12.0 Å². The van der Waals surface area contributed by atoms with Gasteiger partial charge >= 0.3 is 0 Å².